The van der Waals surface area contributed by atoms with Gasteiger partial charge in [-0.05, 0) is 25.5 Å². The minimum absolute atomic E-state index is 0.176. The molecule has 1 saturated heterocycles. The Labute approximate surface area is 118 Å². The van der Waals surface area contributed by atoms with Crippen molar-refractivity contribution in [2.75, 3.05) is 19.8 Å². The summed E-state index contributed by atoms with van der Waals surface area (Å²) in [6.45, 7) is 3.79. The van der Waals surface area contributed by atoms with Crippen molar-refractivity contribution in [1.29, 1.82) is 0 Å². The van der Waals surface area contributed by atoms with Gasteiger partial charge in [0.15, 0.2) is 5.79 Å². The molecular weight excluding hydrogens is 266 g/mol. The maximum atomic E-state index is 11.9. The summed E-state index contributed by atoms with van der Waals surface area (Å²) in [6.07, 6.45) is 1.53. The number of amides is 1. The quantitative estimate of drug-likeness (QED) is 0.924. The third-order valence-corrected chi connectivity index (χ3v) is 3.42. The first-order valence-electron chi connectivity index (χ1n) is 6.41. The average Bonchev–Trinajstić information content (AvgIpc) is 2.39. The maximum Gasteiger partial charge on any atom is 0.252 e. The van der Waals surface area contributed by atoms with Crippen LogP contribution in [0.1, 0.15) is 30.1 Å². The number of hydrogen-bond donors (Lipinski definition) is 1. The standard InChI is InChI=1S/C14H18ClNO3/c1-14(18-9-4-10-19-14)7-8-16-13(17)11-5-2-3-6-12(11)15/h2-3,5-6H,4,7-10H2,1H3,(H,16,17). The van der Waals surface area contributed by atoms with Crippen LogP contribution in [0.3, 0.4) is 0 Å². The van der Waals surface area contributed by atoms with Crippen LogP contribution in [-0.2, 0) is 9.47 Å². The first-order valence-corrected chi connectivity index (χ1v) is 6.79. The van der Waals surface area contributed by atoms with E-state index in [1.807, 2.05) is 6.92 Å². The predicted molar refractivity (Wildman–Crippen MR) is 73.3 cm³/mol. The van der Waals surface area contributed by atoms with Crippen LogP contribution in [0.15, 0.2) is 24.3 Å². The Morgan fingerprint density at radius 3 is 2.74 bits per heavy atom. The predicted octanol–water partition coefficient (Wildman–Crippen LogP) is 2.61. The molecule has 0 atom stereocenters. The van der Waals surface area contributed by atoms with Crippen molar-refractivity contribution < 1.29 is 14.3 Å². The molecule has 104 valence electrons. The van der Waals surface area contributed by atoms with Crippen molar-refractivity contribution in [2.45, 2.75) is 25.6 Å². The second-order valence-corrected chi connectivity index (χ2v) is 5.08. The minimum atomic E-state index is -0.591. The highest BCUT2D eigenvalue weighted by Gasteiger charge is 2.28. The van der Waals surface area contributed by atoms with E-state index in [1.165, 1.54) is 0 Å². The monoisotopic (exact) mass is 283 g/mol. The lowest BCUT2D eigenvalue weighted by Gasteiger charge is -2.33. The smallest absolute Gasteiger partial charge is 0.252 e. The second kappa shape index (κ2) is 6.37. The van der Waals surface area contributed by atoms with Crippen LogP contribution in [0.25, 0.3) is 0 Å². The average molecular weight is 284 g/mol. The fourth-order valence-corrected chi connectivity index (χ4v) is 2.19. The van der Waals surface area contributed by atoms with E-state index in [4.69, 9.17) is 21.1 Å². The van der Waals surface area contributed by atoms with Crippen LogP contribution < -0.4 is 5.32 Å². The number of halogens is 1. The first kappa shape index (κ1) is 14.3. The minimum Gasteiger partial charge on any atom is -0.352 e. The SMILES string of the molecule is CC1(CCNC(=O)c2ccccc2Cl)OCCCO1. The van der Waals surface area contributed by atoms with E-state index in [1.54, 1.807) is 24.3 Å². The van der Waals surface area contributed by atoms with E-state index in [0.717, 1.165) is 6.42 Å². The molecule has 1 aromatic carbocycles. The van der Waals surface area contributed by atoms with E-state index in [9.17, 15) is 4.79 Å². The van der Waals surface area contributed by atoms with Gasteiger partial charge in [0.2, 0.25) is 0 Å². The largest absolute Gasteiger partial charge is 0.352 e. The van der Waals surface area contributed by atoms with Crippen LogP contribution in [0.5, 0.6) is 0 Å². The Hall–Kier alpha value is -1.10. The van der Waals surface area contributed by atoms with Crippen molar-refractivity contribution in [3.8, 4) is 0 Å². The second-order valence-electron chi connectivity index (χ2n) is 4.67. The van der Waals surface area contributed by atoms with E-state index >= 15 is 0 Å². The van der Waals surface area contributed by atoms with Crippen molar-refractivity contribution in [3.05, 3.63) is 34.9 Å². The van der Waals surface area contributed by atoms with Gasteiger partial charge in [0.05, 0.1) is 23.8 Å². The molecule has 2 rings (SSSR count). The lowest BCUT2D eigenvalue weighted by molar-refractivity contribution is -0.257. The number of hydrogen-bond acceptors (Lipinski definition) is 3. The molecule has 1 aromatic rings. The summed E-state index contributed by atoms with van der Waals surface area (Å²) in [7, 11) is 0. The number of carbonyl (C=O) groups excluding carboxylic acids is 1. The molecule has 1 aliphatic rings. The van der Waals surface area contributed by atoms with Crippen LogP contribution in [0.4, 0.5) is 0 Å². The van der Waals surface area contributed by atoms with Crippen LogP contribution in [-0.4, -0.2) is 31.5 Å². The number of rotatable bonds is 4. The Kier molecular flexibility index (Phi) is 4.80. The third kappa shape index (κ3) is 3.93. The molecule has 0 unspecified atom stereocenters. The lowest BCUT2D eigenvalue weighted by atomic mass is 10.2. The van der Waals surface area contributed by atoms with Crippen molar-refractivity contribution in [3.63, 3.8) is 0 Å². The summed E-state index contributed by atoms with van der Waals surface area (Å²) < 4.78 is 11.2. The Morgan fingerprint density at radius 1 is 1.37 bits per heavy atom. The van der Waals surface area contributed by atoms with Crippen molar-refractivity contribution in [2.24, 2.45) is 0 Å². The molecule has 1 fully saturated rings. The van der Waals surface area contributed by atoms with Gasteiger partial charge in [-0.3, -0.25) is 4.79 Å². The molecule has 0 spiro atoms. The summed E-state index contributed by atoms with van der Waals surface area (Å²) in [5, 5.41) is 3.28. The van der Waals surface area contributed by atoms with E-state index in [0.29, 0.717) is 36.8 Å². The molecule has 1 aliphatic heterocycles. The highest BCUT2D eigenvalue weighted by molar-refractivity contribution is 6.33. The lowest BCUT2D eigenvalue weighted by Crippen LogP contribution is -2.41. The first-order chi connectivity index (χ1) is 9.11. The molecule has 0 radical (unpaired) electrons. The van der Waals surface area contributed by atoms with Gasteiger partial charge < -0.3 is 14.8 Å². The molecule has 1 N–H and O–H groups in total. The summed E-state index contributed by atoms with van der Waals surface area (Å²) in [6, 6.07) is 6.98. The molecule has 0 bridgehead atoms. The number of benzene rings is 1. The summed E-state index contributed by atoms with van der Waals surface area (Å²) in [5.41, 5.74) is 0.486. The van der Waals surface area contributed by atoms with E-state index in [-0.39, 0.29) is 5.91 Å². The molecule has 5 heteroatoms. The van der Waals surface area contributed by atoms with Gasteiger partial charge in [-0.1, -0.05) is 23.7 Å². The van der Waals surface area contributed by atoms with Crippen LogP contribution in [0, 0.1) is 0 Å². The molecule has 19 heavy (non-hydrogen) atoms. The van der Waals surface area contributed by atoms with E-state index in [2.05, 4.69) is 5.32 Å². The number of carbonyl (C=O) groups is 1. The maximum absolute atomic E-state index is 11.9. The zero-order valence-corrected chi connectivity index (χ0v) is 11.7. The van der Waals surface area contributed by atoms with Gasteiger partial charge in [-0.2, -0.15) is 0 Å². The van der Waals surface area contributed by atoms with Gasteiger partial charge in [0.25, 0.3) is 5.91 Å². The summed E-state index contributed by atoms with van der Waals surface area (Å²) >= 11 is 5.96. The molecule has 0 saturated carbocycles. The molecule has 0 aliphatic carbocycles. The fourth-order valence-electron chi connectivity index (χ4n) is 1.96. The summed E-state index contributed by atoms with van der Waals surface area (Å²) in [4.78, 5) is 11.9. The molecular formula is C14H18ClNO3. The normalized spacial score (nSPS) is 18.0. The zero-order chi connectivity index (χ0) is 13.7. The molecule has 0 aromatic heterocycles. The van der Waals surface area contributed by atoms with Crippen molar-refractivity contribution >= 4 is 17.5 Å². The van der Waals surface area contributed by atoms with Gasteiger partial charge >= 0.3 is 0 Å². The Balaban J connectivity index is 1.82. The van der Waals surface area contributed by atoms with Gasteiger partial charge in [0, 0.05) is 13.0 Å². The highest BCUT2D eigenvalue weighted by atomic mass is 35.5. The Bertz CT molecular complexity index is 444. The molecule has 4 nitrogen and oxygen atoms in total. The number of nitrogens with one attached hydrogen (secondary N) is 1. The topological polar surface area (TPSA) is 47.6 Å². The Morgan fingerprint density at radius 2 is 2.05 bits per heavy atom. The van der Waals surface area contributed by atoms with Crippen LogP contribution in [0.2, 0.25) is 5.02 Å². The molecule has 1 heterocycles. The fraction of sp³-hybridized carbons (Fsp3) is 0.500. The zero-order valence-electron chi connectivity index (χ0n) is 10.9. The van der Waals surface area contributed by atoms with Gasteiger partial charge in [-0.25, -0.2) is 0 Å². The van der Waals surface area contributed by atoms with Crippen molar-refractivity contribution in [1.82, 2.24) is 5.32 Å². The van der Waals surface area contributed by atoms with Crippen LogP contribution >= 0.6 is 11.6 Å². The van der Waals surface area contributed by atoms with Gasteiger partial charge in [0.1, 0.15) is 0 Å². The van der Waals surface area contributed by atoms with Gasteiger partial charge in [-0.15, -0.1) is 0 Å². The summed E-state index contributed by atoms with van der Waals surface area (Å²) in [5.74, 6) is -0.767. The van der Waals surface area contributed by atoms with E-state index < -0.39 is 5.79 Å². The number of ether oxygens (including phenoxy) is 2. The third-order valence-electron chi connectivity index (χ3n) is 3.09. The molecule has 1 amide bonds. The highest BCUT2D eigenvalue weighted by Crippen LogP contribution is 2.21.